The third-order valence-electron chi connectivity index (χ3n) is 0. The van der Waals surface area contributed by atoms with Crippen LogP contribution in [0.2, 0.25) is 0 Å². The third kappa shape index (κ3) is 344. The first-order valence-electron chi connectivity index (χ1n) is 1.34. The number of nitrogens with zero attached hydrogens (tertiary/aromatic N) is 1. The summed E-state index contributed by atoms with van der Waals surface area (Å²) in [4.78, 5) is 2.00. The van der Waals surface area contributed by atoms with Gasteiger partial charge in [-0.3, -0.25) is 0 Å². The summed E-state index contributed by atoms with van der Waals surface area (Å²) in [5, 5.41) is 0. The second-order valence-electron chi connectivity index (χ2n) is 1.34. The zero-order valence-electron chi connectivity index (χ0n) is 3.83. The lowest BCUT2D eigenvalue weighted by atomic mass is 11.0. The minimum Gasteiger partial charge on any atom is -1.00 e. The summed E-state index contributed by atoms with van der Waals surface area (Å²) in [6, 6.07) is 0. The molecule has 0 saturated heterocycles. The second-order valence-corrected chi connectivity index (χ2v) is 1.34. The first-order chi connectivity index (χ1) is 1.73. The highest BCUT2D eigenvalue weighted by Gasteiger charge is 1.58. The molecule has 0 aromatic carbocycles. The van der Waals surface area contributed by atoms with Gasteiger partial charge in [-0.25, -0.2) is 0 Å². The fourth-order valence-electron chi connectivity index (χ4n) is 0. The highest BCUT2D eigenvalue weighted by atomic mass is 35.5. The molecule has 0 aliphatic carbocycles. The van der Waals surface area contributed by atoms with Gasteiger partial charge in [0.2, 0.25) is 0 Å². The standard InChI is InChI=1S/C3H9N.ClH/c1-4(2)3;/h1-3H3;1H/p-1. The minimum absolute atomic E-state index is 0. The van der Waals surface area contributed by atoms with Crippen LogP contribution in [0.5, 0.6) is 0 Å². The lowest BCUT2D eigenvalue weighted by Crippen LogP contribution is -3.00. The van der Waals surface area contributed by atoms with Gasteiger partial charge in [0.25, 0.3) is 0 Å². The van der Waals surface area contributed by atoms with Crippen molar-refractivity contribution in [2.75, 3.05) is 21.1 Å². The number of halogens is 1. The molecule has 0 aromatic rings. The summed E-state index contributed by atoms with van der Waals surface area (Å²) in [6.45, 7) is 0. The smallest absolute Gasteiger partial charge is 0.0140 e. The fraction of sp³-hybridized carbons (Fsp3) is 1.00. The third-order valence-corrected chi connectivity index (χ3v) is 0. The Morgan fingerprint density at radius 2 is 1.00 bits per heavy atom. The Morgan fingerprint density at radius 3 is 1.00 bits per heavy atom. The highest BCUT2D eigenvalue weighted by Crippen LogP contribution is 1.47. The van der Waals surface area contributed by atoms with E-state index in [4.69, 9.17) is 0 Å². The predicted octanol–water partition coefficient (Wildman–Crippen LogP) is -2.82. The van der Waals surface area contributed by atoms with Crippen LogP contribution in [-0.2, 0) is 0 Å². The minimum atomic E-state index is 0. The molecule has 0 rings (SSSR count). The average Bonchev–Trinajstić information content (AvgIpc) is 0.811. The quantitative estimate of drug-likeness (QED) is 0.313. The molecule has 2 heteroatoms. The maximum absolute atomic E-state index is 2.00. The summed E-state index contributed by atoms with van der Waals surface area (Å²) in [6.07, 6.45) is 0. The molecule has 0 aromatic heterocycles. The first-order valence-corrected chi connectivity index (χ1v) is 1.34. The largest absolute Gasteiger partial charge is 1.00 e. The van der Waals surface area contributed by atoms with E-state index in [1.165, 1.54) is 0 Å². The van der Waals surface area contributed by atoms with Gasteiger partial charge in [0.15, 0.2) is 0 Å². The molecule has 0 N–H and O–H groups in total. The van der Waals surface area contributed by atoms with E-state index >= 15 is 0 Å². The first kappa shape index (κ1) is 8.98. The van der Waals surface area contributed by atoms with Crippen LogP contribution in [0.15, 0.2) is 0 Å². The van der Waals surface area contributed by atoms with Crippen molar-refractivity contribution >= 4 is 0 Å². The maximum Gasteiger partial charge on any atom is -0.0140 e. The van der Waals surface area contributed by atoms with E-state index < -0.39 is 0 Å². The van der Waals surface area contributed by atoms with Gasteiger partial charge >= 0.3 is 0 Å². The molecule has 0 fully saturated rings. The Balaban J connectivity index is 0. The molecule has 0 heterocycles. The van der Waals surface area contributed by atoms with Gasteiger partial charge in [0.1, 0.15) is 0 Å². The predicted molar refractivity (Wildman–Crippen MR) is 19.6 cm³/mol. The molecule has 34 valence electrons. The van der Waals surface area contributed by atoms with Crippen molar-refractivity contribution in [2.45, 2.75) is 0 Å². The molecule has 0 saturated carbocycles. The molecule has 0 radical (unpaired) electrons. The normalized spacial score (nSPS) is 7.20. The van der Waals surface area contributed by atoms with Crippen LogP contribution >= 0.6 is 0 Å². The molecule has 0 aliphatic rings. The van der Waals surface area contributed by atoms with Gasteiger partial charge in [-0.05, 0) is 21.1 Å². The van der Waals surface area contributed by atoms with Crippen molar-refractivity contribution in [3.63, 3.8) is 0 Å². The molecule has 0 aliphatic heterocycles. The van der Waals surface area contributed by atoms with Crippen LogP contribution in [-0.4, -0.2) is 26.0 Å². The average molecular weight is 94.6 g/mol. The van der Waals surface area contributed by atoms with Gasteiger partial charge in [-0.2, -0.15) is 0 Å². The lowest BCUT2D eigenvalue weighted by Gasteiger charge is -1.90. The Hall–Kier alpha value is 0.250. The number of rotatable bonds is 0. The van der Waals surface area contributed by atoms with E-state index in [1.54, 1.807) is 0 Å². The lowest BCUT2D eigenvalue weighted by molar-refractivity contribution is -0.00000110. The second kappa shape index (κ2) is 4.25. The van der Waals surface area contributed by atoms with Gasteiger partial charge in [-0.15, -0.1) is 0 Å². The highest BCUT2D eigenvalue weighted by molar-refractivity contribution is 4.09. The SMILES string of the molecule is CN(C)C.[Cl-]. The Labute approximate surface area is 39.4 Å². The van der Waals surface area contributed by atoms with Crippen molar-refractivity contribution in [1.82, 2.24) is 4.90 Å². The van der Waals surface area contributed by atoms with Gasteiger partial charge < -0.3 is 17.3 Å². The van der Waals surface area contributed by atoms with E-state index in [1.807, 2.05) is 26.0 Å². The fourth-order valence-corrected chi connectivity index (χ4v) is 0. The van der Waals surface area contributed by atoms with Crippen molar-refractivity contribution in [1.29, 1.82) is 0 Å². The Bertz CT molecular complexity index is 11.6. The van der Waals surface area contributed by atoms with Crippen LogP contribution < -0.4 is 12.4 Å². The monoisotopic (exact) mass is 94.0 g/mol. The molecule has 0 spiro atoms. The van der Waals surface area contributed by atoms with E-state index in [9.17, 15) is 0 Å². The topological polar surface area (TPSA) is 3.24 Å². The van der Waals surface area contributed by atoms with E-state index in [2.05, 4.69) is 0 Å². The molecule has 0 atom stereocenters. The van der Waals surface area contributed by atoms with Crippen LogP contribution in [0, 0.1) is 0 Å². The number of hydrogen-bond donors (Lipinski definition) is 0. The van der Waals surface area contributed by atoms with Crippen LogP contribution in [0.1, 0.15) is 0 Å². The summed E-state index contributed by atoms with van der Waals surface area (Å²) in [7, 11) is 6.00. The molecule has 5 heavy (non-hydrogen) atoms. The zero-order valence-corrected chi connectivity index (χ0v) is 4.58. The van der Waals surface area contributed by atoms with E-state index in [0.29, 0.717) is 0 Å². The molecule has 1 nitrogen and oxygen atoms in total. The van der Waals surface area contributed by atoms with Crippen molar-refractivity contribution < 1.29 is 12.4 Å². The van der Waals surface area contributed by atoms with Crippen LogP contribution in [0.25, 0.3) is 0 Å². The van der Waals surface area contributed by atoms with Crippen molar-refractivity contribution in [2.24, 2.45) is 0 Å². The summed E-state index contributed by atoms with van der Waals surface area (Å²) in [5.41, 5.74) is 0. The Morgan fingerprint density at radius 1 is 1.00 bits per heavy atom. The molecular formula is C3H9ClN-. The van der Waals surface area contributed by atoms with E-state index in [0.717, 1.165) is 0 Å². The summed E-state index contributed by atoms with van der Waals surface area (Å²) < 4.78 is 0. The van der Waals surface area contributed by atoms with Crippen molar-refractivity contribution in [3.8, 4) is 0 Å². The Kier molecular flexibility index (Phi) is 7.63. The van der Waals surface area contributed by atoms with Crippen molar-refractivity contribution in [3.05, 3.63) is 0 Å². The molecule has 0 unspecified atom stereocenters. The molecular weight excluding hydrogens is 85.5 g/mol. The molecule has 0 amide bonds. The van der Waals surface area contributed by atoms with Gasteiger partial charge in [0.05, 0.1) is 0 Å². The van der Waals surface area contributed by atoms with Gasteiger partial charge in [0, 0.05) is 0 Å². The van der Waals surface area contributed by atoms with E-state index in [-0.39, 0.29) is 12.4 Å². The summed E-state index contributed by atoms with van der Waals surface area (Å²) in [5.74, 6) is 0. The van der Waals surface area contributed by atoms with Crippen LogP contribution in [0.4, 0.5) is 0 Å². The zero-order chi connectivity index (χ0) is 3.58. The molecule has 0 bridgehead atoms. The van der Waals surface area contributed by atoms with Gasteiger partial charge in [-0.1, -0.05) is 0 Å². The van der Waals surface area contributed by atoms with Crippen LogP contribution in [0.3, 0.4) is 0 Å². The number of hydrogen-bond acceptors (Lipinski definition) is 1. The summed E-state index contributed by atoms with van der Waals surface area (Å²) >= 11 is 0. The maximum atomic E-state index is 2.00.